The Hall–Kier alpha value is -2.79. The van der Waals surface area contributed by atoms with Crippen LogP contribution in [-0.4, -0.2) is 31.6 Å². The van der Waals surface area contributed by atoms with Gasteiger partial charge in [0.1, 0.15) is 11.5 Å². The van der Waals surface area contributed by atoms with Gasteiger partial charge in [0.15, 0.2) is 0 Å². The van der Waals surface area contributed by atoms with Crippen LogP contribution >= 0.6 is 11.3 Å². The van der Waals surface area contributed by atoms with Crippen LogP contribution in [0, 0.1) is 0 Å². The predicted octanol–water partition coefficient (Wildman–Crippen LogP) is 4.55. The normalized spacial score (nSPS) is 15.9. The van der Waals surface area contributed by atoms with E-state index in [9.17, 15) is 4.79 Å². The fourth-order valence-electron chi connectivity index (χ4n) is 3.63. The van der Waals surface area contributed by atoms with Gasteiger partial charge in [-0.1, -0.05) is 30.3 Å². The van der Waals surface area contributed by atoms with Gasteiger partial charge in [-0.3, -0.25) is 4.79 Å². The molecule has 0 bridgehead atoms. The lowest BCUT2D eigenvalue weighted by molar-refractivity contribution is 0.0695. The van der Waals surface area contributed by atoms with E-state index in [1.54, 1.807) is 43.8 Å². The van der Waals surface area contributed by atoms with Crippen LogP contribution in [0.1, 0.15) is 32.4 Å². The number of methoxy groups -OCH3 is 2. The molecule has 4 rings (SSSR count). The Morgan fingerprint density at radius 3 is 2.41 bits per heavy atom. The summed E-state index contributed by atoms with van der Waals surface area (Å²) in [4.78, 5) is 16.8. The lowest BCUT2D eigenvalue weighted by Crippen LogP contribution is -2.40. The second-order valence-corrected chi connectivity index (χ2v) is 7.46. The Morgan fingerprint density at radius 2 is 1.74 bits per heavy atom. The van der Waals surface area contributed by atoms with Crippen LogP contribution in [0.2, 0.25) is 0 Å². The summed E-state index contributed by atoms with van der Waals surface area (Å²) in [5.41, 5.74) is 2.92. The summed E-state index contributed by atoms with van der Waals surface area (Å²) in [5, 5.41) is 2.11. The first-order valence-electron chi connectivity index (χ1n) is 8.86. The van der Waals surface area contributed by atoms with E-state index in [1.807, 2.05) is 23.1 Å². The Labute approximate surface area is 163 Å². The Morgan fingerprint density at radius 1 is 1.04 bits per heavy atom. The molecule has 2 heterocycles. The van der Waals surface area contributed by atoms with Crippen LogP contribution in [0.4, 0.5) is 0 Å². The molecular formula is C22H21NO3S. The molecule has 2 aromatic carbocycles. The van der Waals surface area contributed by atoms with E-state index < -0.39 is 0 Å². The number of hydrogen-bond acceptors (Lipinski definition) is 4. The van der Waals surface area contributed by atoms with E-state index in [4.69, 9.17) is 9.47 Å². The molecule has 1 amide bonds. The van der Waals surface area contributed by atoms with Crippen molar-refractivity contribution in [1.29, 1.82) is 0 Å². The topological polar surface area (TPSA) is 38.8 Å². The van der Waals surface area contributed by atoms with E-state index in [0.717, 1.165) is 12.0 Å². The Kier molecular flexibility index (Phi) is 4.86. The van der Waals surface area contributed by atoms with Crippen LogP contribution < -0.4 is 9.47 Å². The number of hydrogen-bond donors (Lipinski definition) is 0. The van der Waals surface area contributed by atoms with Crippen LogP contribution in [0.25, 0.3) is 0 Å². The summed E-state index contributed by atoms with van der Waals surface area (Å²) in [6, 6.07) is 17.6. The molecule has 1 aliphatic rings. The highest BCUT2D eigenvalue weighted by molar-refractivity contribution is 7.10. The standard InChI is InChI=1S/C22H21NO3S/c1-25-17-12-16(13-18(14-17)26-2)22(24)23-10-8-20-19(9-11-27-20)21(23)15-6-4-3-5-7-15/h3-7,9,11-14,21H,8,10H2,1-2H3. The lowest BCUT2D eigenvalue weighted by Gasteiger charge is -2.36. The average Bonchev–Trinajstić information content (AvgIpc) is 3.21. The van der Waals surface area contributed by atoms with E-state index >= 15 is 0 Å². The van der Waals surface area contributed by atoms with Gasteiger partial charge in [0.25, 0.3) is 5.91 Å². The third kappa shape index (κ3) is 3.30. The first kappa shape index (κ1) is 17.6. The van der Waals surface area contributed by atoms with Crippen LogP contribution in [-0.2, 0) is 6.42 Å². The minimum absolute atomic E-state index is 0.0158. The predicted molar refractivity (Wildman–Crippen MR) is 107 cm³/mol. The Bertz CT molecular complexity index is 929. The molecule has 0 fully saturated rings. The number of amides is 1. The van der Waals surface area contributed by atoms with Gasteiger partial charge in [-0.25, -0.2) is 0 Å². The number of fused-ring (bicyclic) bond motifs is 1. The molecule has 0 N–H and O–H groups in total. The van der Waals surface area contributed by atoms with Crippen molar-refractivity contribution >= 4 is 17.2 Å². The van der Waals surface area contributed by atoms with E-state index in [1.165, 1.54) is 10.4 Å². The number of carbonyl (C=O) groups excluding carboxylic acids is 1. The molecule has 1 aliphatic heterocycles. The minimum atomic E-state index is -0.0779. The van der Waals surface area contributed by atoms with Gasteiger partial charge in [0.05, 0.1) is 20.3 Å². The maximum absolute atomic E-state index is 13.5. The number of thiophene rings is 1. The summed E-state index contributed by atoms with van der Waals surface area (Å²) in [5.74, 6) is 1.21. The second kappa shape index (κ2) is 7.45. The van der Waals surface area contributed by atoms with E-state index in [0.29, 0.717) is 23.6 Å². The molecule has 0 spiro atoms. The van der Waals surface area contributed by atoms with Crippen molar-refractivity contribution in [1.82, 2.24) is 4.90 Å². The number of carbonyl (C=O) groups is 1. The quantitative estimate of drug-likeness (QED) is 0.667. The maximum Gasteiger partial charge on any atom is 0.254 e. The molecule has 1 atom stereocenters. The summed E-state index contributed by atoms with van der Waals surface area (Å²) in [6.07, 6.45) is 0.878. The van der Waals surface area contributed by atoms with Gasteiger partial charge >= 0.3 is 0 Å². The summed E-state index contributed by atoms with van der Waals surface area (Å²) < 4.78 is 10.7. The first-order valence-corrected chi connectivity index (χ1v) is 9.74. The number of benzene rings is 2. The van der Waals surface area contributed by atoms with Gasteiger partial charge in [0, 0.05) is 23.1 Å². The maximum atomic E-state index is 13.5. The van der Waals surface area contributed by atoms with Crippen molar-refractivity contribution in [2.24, 2.45) is 0 Å². The molecule has 1 aromatic heterocycles. The molecule has 0 aliphatic carbocycles. The van der Waals surface area contributed by atoms with E-state index in [-0.39, 0.29) is 11.9 Å². The van der Waals surface area contributed by atoms with Crippen LogP contribution in [0.3, 0.4) is 0 Å². The molecule has 3 aromatic rings. The molecule has 0 saturated heterocycles. The first-order chi connectivity index (χ1) is 13.2. The molecular weight excluding hydrogens is 358 g/mol. The third-order valence-corrected chi connectivity index (χ3v) is 5.94. The van der Waals surface area contributed by atoms with Crippen molar-refractivity contribution in [2.45, 2.75) is 12.5 Å². The minimum Gasteiger partial charge on any atom is -0.497 e. The zero-order valence-electron chi connectivity index (χ0n) is 15.3. The monoisotopic (exact) mass is 379 g/mol. The van der Waals surface area contributed by atoms with Gasteiger partial charge in [-0.05, 0) is 41.1 Å². The molecule has 0 saturated carbocycles. The number of nitrogens with zero attached hydrogens (tertiary/aromatic N) is 1. The molecule has 1 unspecified atom stereocenters. The number of ether oxygens (including phenoxy) is 2. The van der Waals surface area contributed by atoms with Crippen LogP contribution in [0.5, 0.6) is 11.5 Å². The second-order valence-electron chi connectivity index (χ2n) is 6.46. The fourth-order valence-corrected chi connectivity index (χ4v) is 4.53. The van der Waals surface area contributed by atoms with Gasteiger partial charge in [0.2, 0.25) is 0 Å². The molecule has 138 valence electrons. The fraction of sp³-hybridized carbons (Fsp3) is 0.227. The van der Waals surface area contributed by atoms with Gasteiger partial charge in [-0.2, -0.15) is 0 Å². The number of rotatable bonds is 4. The van der Waals surface area contributed by atoms with Crippen molar-refractivity contribution in [2.75, 3.05) is 20.8 Å². The largest absolute Gasteiger partial charge is 0.497 e. The highest BCUT2D eigenvalue weighted by atomic mass is 32.1. The highest BCUT2D eigenvalue weighted by Crippen LogP contribution is 2.39. The summed E-state index contributed by atoms with van der Waals surface area (Å²) >= 11 is 1.77. The molecule has 0 radical (unpaired) electrons. The van der Waals surface area contributed by atoms with E-state index in [2.05, 4.69) is 23.6 Å². The van der Waals surface area contributed by atoms with Gasteiger partial charge in [-0.15, -0.1) is 11.3 Å². The van der Waals surface area contributed by atoms with Gasteiger partial charge < -0.3 is 14.4 Å². The molecule has 4 nitrogen and oxygen atoms in total. The lowest BCUT2D eigenvalue weighted by atomic mass is 9.92. The van der Waals surface area contributed by atoms with Crippen molar-refractivity contribution in [3.05, 3.63) is 81.5 Å². The summed E-state index contributed by atoms with van der Waals surface area (Å²) in [7, 11) is 3.18. The van der Waals surface area contributed by atoms with Crippen LogP contribution in [0.15, 0.2) is 60.0 Å². The van der Waals surface area contributed by atoms with Crippen molar-refractivity contribution < 1.29 is 14.3 Å². The average molecular weight is 379 g/mol. The molecule has 27 heavy (non-hydrogen) atoms. The van der Waals surface area contributed by atoms with Crippen molar-refractivity contribution in [3.8, 4) is 11.5 Å². The highest BCUT2D eigenvalue weighted by Gasteiger charge is 2.33. The zero-order chi connectivity index (χ0) is 18.8. The smallest absolute Gasteiger partial charge is 0.254 e. The zero-order valence-corrected chi connectivity index (χ0v) is 16.2. The SMILES string of the molecule is COc1cc(OC)cc(C(=O)N2CCc3sccc3C2c2ccccc2)c1. The molecule has 5 heteroatoms. The van der Waals surface area contributed by atoms with Crippen molar-refractivity contribution in [3.63, 3.8) is 0 Å². The summed E-state index contributed by atoms with van der Waals surface area (Å²) in [6.45, 7) is 0.686. The Balaban J connectivity index is 1.77. The third-order valence-electron chi connectivity index (χ3n) is 4.94.